The molecule has 0 heterocycles. The van der Waals surface area contributed by atoms with Crippen LogP contribution >= 0.6 is 11.6 Å². The highest BCUT2D eigenvalue weighted by Gasteiger charge is 2.28. The number of alkyl halides is 3. The topological polar surface area (TPSA) is 55.3 Å². The number of nitrogens with zero attached hydrogens (tertiary/aromatic N) is 1. The van der Waals surface area contributed by atoms with Gasteiger partial charge in [-0.05, 0) is 6.07 Å². The molecule has 0 saturated carbocycles. The van der Waals surface area contributed by atoms with Crippen molar-refractivity contribution in [1.82, 2.24) is 0 Å². The molecule has 0 aromatic heterocycles. The number of halogens is 5. The summed E-state index contributed by atoms with van der Waals surface area (Å²) in [6.07, 6.45) is -5.40. The Labute approximate surface area is 106 Å². The molecule has 1 aromatic carbocycles. The molecule has 0 unspecified atom stereocenters. The lowest BCUT2D eigenvalue weighted by Gasteiger charge is -2.23. The van der Waals surface area contributed by atoms with E-state index < -0.39 is 25.0 Å². The Morgan fingerprint density at radius 1 is 1.28 bits per heavy atom. The van der Waals surface area contributed by atoms with Crippen LogP contribution in [-0.4, -0.2) is 19.8 Å². The Morgan fingerprint density at radius 2 is 1.83 bits per heavy atom. The first-order chi connectivity index (χ1) is 8.13. The normalized spacial score (nSPS) is 11.7. The SMILES string of the molecule is CN(CCC(F)(F)F)c1c(N)cc(N)c(Cl)c1F. The zero-order valence-corrected chi connectivity index (χ0v) is 10.2. The highest BCUT2D eigenvalue weighted by Crippen LogP contribution is 2.36. The van der Waals surface area contributed by atoms with E-state index in [1.165, 1.54) is 13.1 Å². The molecule has 18 heavy (non-hydrogen) atoms. The molecule has 0 aliphatic carbocycles. The zero-order valence-electron chi connectivity index (χ0n) is 9.48. The predicted octanol–water partition coefficient (Wildman–Crippen LogP) is 3.03. The van der Waals surface area contributed by atoms with Crippen LogP contribution in [0.5, 0.6) is 0 Å². The van der Waals surface area contributed by atoms with E-state index in [-0.39, 0.29) is 22.1 Å². The second-order valence-corrected chi connectivity index (χ2v) is 4.20. The molecular weight excluding hydrogens is 274 g/mol. The Morgan fingerprint density at radius 3 is 2.33 bits per heavy atom. The van der Waals surface area contributed by atoms with Gasteiger partial charge in [-0.15, -0.1) is 0 Å². The summed E-state index contributed by atoms with van der Waals surface area (Å²) in [6, 6.07) is 1.21. The molecule has 0 aliphatic heterocycles. The lowest BCUT2D eigenvalue weighted by molar-refractivity contribution is -0.132. The van der Waals surface area contributed by atoms with Crippen LogP contribution in [0.2, 0.25) is 5.02 Å². The van der Waals surface area contributed by atoms with E-state index in [4.69, 9.17) is 23.1 Å². The lowest BCUT2D eigenvalue weighted by atomic mass is 10.2. The molecule has 0 saturated heterocycles. The summed E-state index contributed by atoms with van der Waals surface area (Å²) in [4.78, 5) is 1.06. The molecule has 0 amide bonds. The van der Waals surface area contributed by atoms with Gasteiger partial charge in [-0.3, -0.25) is 0 Å². The summed E-state index contributed by atoms with van der Waals surface area (Å²) in [6.45, 7) is -0.426. The minimum Gasteiger partial charge on any atom is -0.397 e. The lowest BCUT2D eigenvalue weighted by Crippen LogP contribution is -2.25. The van der Waals surface area contributed by atoms with Gasteiger partial charge in [0.1, 0.15) is 5.02 Å². The van der Waals surface area contributed by atoms with Crippen LogP contribution < -0.4 is 16.4 Å². The first-order valence-electron chi connectivity index (χ1n) is 4.94. The van der Waals surface area contributed by atoms with Crippen molar-refractivity contribution in [2.24, 2.45) is 0 Å². The van der Waals surface area contributed by atoms with Crippen molar-refractivity contribution >= 4 is 28.7 Å². The van der Waals surface area contributed by atoms with Crippen LogP contribution in [0.3, 0.4) is 0 Å². The highest BCUT2D eigenvalue weighted by atomic mass is 35.5. The monoisotopic (exact) mass is 285 g/mol. The largest absolute Gasteiger partial charge is 0.397 e. The van der Waals surface area contributed by atoms with E-state index in [1.807, 2.05) is 0 Å². The number of hydrogen-bond acceptors (Lipinski definition) is 3. The van der Waals surface area contributed by atoms with Gasteiger partial charge in [0.05, 0.1) is 23.5 Å². The van der Waals surface area contributed by atoms with Crippen molar-refractivity contribution < 1.29 is 17.6 Å². The number of nitrogen functional groups attached to an aromatic ring is 2. The third-order valence-corrected chi connectivity index (χ3v) is 2.74. The minimum absolute atomic E-state index is 0.0559. The predicted molar refractivity (Wildman–Crippen MR) is 64.2 cm³/mol. The Bertz CT molecular complexity index is 448. The maximum Gasteiger partial charge on any atom is 0.390 e. The molecule has 0 bridgehead atoms. The molecule has 102 valence electrons. The Balaban J connectivity index is 2.99. The summed E-state index contributed by atoms with van der Waals surface area (Å²) in [5, 5.41) is -0.349. The Kier molecular flexibility index (Phi) is 4.16. The molecule has 0 fully saturated rings. The average molecular weight is 286 g/mol. The smallest absolute Gasteiger partial charge is 0.390 e. The third-order valence-electron chi connectivity index (χ3n) is 2.35. The molecule has 0 aliphatic rings. The maximum absolute atomic E-state index is 13.8. The molecular formula is C10H12ClF4N3. The number of rotatable bonds is 3. The number of benzene rings is 1. The van der Waals surface area contributed by atoms with Gasteiger partial charge >= 0.3 is 6.18 Å². The molecule has 0 atom stereocenters. The van der Waals surface area contributed by atoms with E-state index in [2.05, 4.69) is 0 Å². The van der Waals surface area contributed by atoms with Crippen LogP contribution in [-0.2, 0) is 0 Å². The zero-order chi connectivity index (χ0) is 14.1. The second kappa shape index (κ2) is 5.09. The summed E-state index contributed by atoms with van der Waals surface area (Å²) in [5.74, 6) is -0.918. The van der Waals surface area contributed by atoms with Crippen molar-refractivity contribution in [3.8, 4) is 0 Å². The highest BCUT2D eigenvalue weighted by molar-refractivity contribution is 6.33. The quantitative estimate of drug-likeness (QED) is 0.663. The molecule has 1 rings (SSSR count). The molecule has 4 N–H and O–H groups in total. The first kappa shape index (κ1) is 14.7. The van der Waals surface area contributed by atoms with Crippen LogP contribution in [0, 0.1) is 5.82 Å². The Hall–Kier alpha value is -1.37. The van der Waals surface area contributed by atoms with E-state index in [0.29, 0.717) is 0 Å². The summed E-state index contributed by atoms with van der Waals surface area (Å²) in [7, 11) is 1.30. The summed E-state index contributed by atoms with van der Waals surface area (Å²) < 4.78 is 50.0. The standard InChI is InChI=1S/C10H12ClF4N3/c1-18(3-2-10(13,14)15)9-6(17)4-5(16)7(11)8(9)12/h4H,2-3,16-17H2,1H3. The summed E-state index contributed by atoms with van der Waals surface area (Å²) in [5.41, 5.74) is 10.6. The molecule has 1 aromatic rings. The number of anilines is 3. The first-order valence-corrected chi connectivity index (χ1v) is 5.32. The fourth-order valence-electron chi connectivity index (χ4n) is 1.45. The average Bonchev–Trinajstić information content (AvgIpc) is 2.22. The van der Waals surface area contributed by atoms with Crippen molar-refractivity contribution in [1.29, 1.82) is 0 Å². The van der Waals surface area contributed by atoms with Crippen LogP contribution in [0.1, 0.15) is 6.42 Å². The summed E-state index contributed by atoms with van der Waals surface area (Å²) >= 11 is 5.58. The third kappa shape index (κ3) is 3.32. The molecule has 0 spiro atoms. The van der Waals surface area contributed by atoms with E-state index in [0.717, 1.165) is 4.90 Å². The van der Waals surface area contributed by atoms with Gasteiger partial charge in [0, 0.05) is 13.6 Å². The van der Waals surface area contributed by atoms with E-state index in [9.17, 15) is 17.6 Å². The molecule has 3 nitrogen and oxygen atoms in total. The number of hydrogen-bond donors (Lipinski definition) is 2. The van der Waals surface area contributed by atoms with Gasteiger partial charge in [0.2, 0.25) is 0 Å². The fourth-order valence-corrected chi connectivity index (χ4v) is 1.59. The van der Waals surface area contributed by atoms with Gasteiger partial charge in [0.15, 0.2) is 5.82 Å². The minimum atomic E-state index is -4.32. The number of nitrogens with two attached hydrogens (primary N) is 2. The maximum atomic E-state index is 13.8. The van der Waals surface area contributed by atoms with Crippen molar-refractivity contribution in [2.45, 2.75) is 12.6 Å². The van der Waals surface area contributed by atoms with Crippen LogP contribution in [0.15, 0.2) is 6.07 Å². The van der Waals surface area contributed by atoms with Crippen LogP contribution in [0.4, 0.5) is 34.6 Å². The van der Waals surface area contributed by atoms with E-state index in [1.54, 1.807) is 0 Å². The van der Waals surface area contributed by atoms with Crippen molar-refractivity contribution in [3.05, 3.63) is 16.9 Å². The van der Waals surface area contributed by atoms with Crippen LogP contribution in [0.25, 0.3) is 0 Å². The van der Waals surface area contributed by atoms with Gasteiger partial charge in [-0.1, -0.05) is 11.6 Å². The second-order valence-electron chi connectivity index (χ2n) is 3.82. The molecule has 0 radical (unpaired) electrons. The van der Waals surface area contributed by atoms with Crippen molar-refractivity contribution in [2.75, 3.05) is 30.0 Å². The van der Waals surface area contributed by atoms with E-state index >= 15 is 0 Å². The van der Waals surface area contributed by atoms with Gasteiger partial charge in [0.25, 0.3) is 0 Å². The molecule has 8 heteroatoms. The van der Waals surface area contributed by atoms with Crippen molar-refractivity contribution in [3.63, 3.8) is 0 Å². The van der Waals surface area contributed by atoms with Gasteiger partial charge < -0.3 is 16.4 Å². The fraction of sp³-hybridized carbons (Fsp3) is 0.400. The van der Waals surface area contributed by atoms with Gasteiger partial charge in [-0.25, -0.2) is 4.39 Å². The van der Waals surface area contributed by atoms with Gasteiger partial charge in [-0.2, -0.15) is 13.2 Å².